The van der Waals surface area contributed by atoms with Crippen molar-refractivity contribution in [3.05, 3.63) is 24.3 Å². The van der Waals surface area contributed by atoms with Crippen LogP contribution in [0.1, 0.15) is 13.8 Å². The van der Waals surface area contributed by atoms with Crippen LogP contribution in [0, 0.1) is 0 Å². The molecule has 1 rings (SSSR count). The largest absolute Gasteiger partial charge is 0.313 e. The van der Waals surface area contributed by atoms with E-state index in [9.17, 15) is 0 Å². The van der Waals surface area contributed by atoms with Crippen molar-refractivity contribution in [3.8, 4) is 0 Å². The maximum Gasteiger partial charge on any atom is 0.0986 e. The zero-order chi connectivity index (χ0) is 6.69. The standard InChI is InChI=1S/C7H10N2.ClH/c1-7(2)5-9-4-3-8-6-9;/h3-6H,1-2H3;1H. The van der Waals surface area contributed by atoms with Gasteiger partial charge in [-0.1, -0.05) is 5.57 Å². The van der Waals surface area contributed by atoms with Gasteiger partial charge in [0, 0.05) is 18.6 Å². The lowest BCUT2D eigenvalue weighted by atomic mass is 10.4. The van der Waals surface area contributed by atoms with Gasteiger partial charge in [-0.15, -0.1) is 12.4 Å². The van der Waals surface area contributed by atoms with Crippen LogP contribution in [0.5, 0.6) is 0 Å². The molecule has 0 fully saturated rings. The molecule has 0 aliphatic carbocycles. The first-order valence-corrected chi connectivity index (χ1v) is 2.91. The van der Waals surface area contributed by atoms with Crippen molar-refractivity contribution in [2.75, 3.05) is 0 Å². The molecule has 2 nitrogen and oxygen atoms in total. The van der Waals surface area contributed by atoms with Gasteiger partial charge in [-0.2, -0.15) is 0 Å². The molecule has 0 aliphatic heterocycles. The summed E-state index contributed by atoms with van der Waals surface area (Å²) in [6.07, 6.45) is 7.46. The predicted molar refractivity (Wildman–Crippen MR) is 45.1 cm³/mol. The van der Waals surface area contributed by atoms with E-state index in [1.807, 2.05) is 17.0 Å². The Bertz CT molecular complexity index is 197. The van der Waals surface area contributed by atoms with Crippen LogP contribution in [0.4, 0.5) is 0 Å². The van der Waals surface area contributed by atoms with Crippen LogP contribution in [0.15, 0.2) is 24.3 Å². The average Bonchev–Trinajstić information content (AvgIpc) is 2.15. The quantitative estimate of drug-likeness (QED) is 0.613. The minimum atomic E-state index is 0. The second-order valence-electron chi connectivity index (χ2n) is 2.22. The topological polar surface area (TPSA) is 17.8 Å². The molecule has 0 N–H and O–H groups in total. The molecule has 0 spiro atoms. The number of halogens is 1. The fraction of sp³-hybridized carbons (Fsp3) is 0.286. The number of nitrogens with zero attached hydrogens (tertiary/aromatic N) is 2. The molecule has 0 unspecified atom stereocenters. The van der Waals surface area contributed by atoms with Crippen LogP contribution < -0.4 is 0 Å². The highest BCUT2D eigenvalue weighted by atomic mass is 35.5. The Morgan fingerprint density at radius 3 is 2.60 bits per heavy atom. The van der Waals surface area contributed by atoms with Crippen molar-refractivity contribution >= 4 is 18.6 Å². The van der Waals surface area contributed by atoms with E-state index in [2.05, 4.69) is 18.8 Å². The van der Waals surface area contributed by atoms with Crippen LogP contribution >= 0.6 is 12.4 Å². The Morgan fingerprint density at radius 2 is 2.20 bits per heavy atom. The lowest BCUT2D eigenvalue weighted by molar-refractivity contribution is 1.12. The van der Waals surface area contributed by atoms with Gasteiger partial charge >= 0.3 is 0 Å². The molecule has 0 atom stereocenters. The van der Waals surface area contributed by atoms with Crippen LogP contribution in [0.2, 0.25) is 0 Å². The number of allylic oxidation sites excluding steroid dienone is 1. The summed E-state index contributed by atoms with van der Waals surface area (Å²) in [7, 11) is 0. The third-order valence-corrected chi connectivity index (χ3v) is 0.932. The van der Waals surface area contributed by atoms with Crippen molar-refractivity contribution in [1.82, 2.24) is 9.55 Å². The van der Waals surface area contributed by atoms with E-state index in [0.717, 1.165) is 0 Å². The molecule has 56 valence electrons. The number of hydrogen-bond acceptors (Lipinski definition) is 1. The maximum absolute atomic E-state index is 3.89. The molecule has 0 aromatic carbocycles. The third-order valence-electron chi connectivity index (χ3n) is 0.932. The van der Waals surface area contributed by atoms with Crippen molar-refractivity contribution in [3.63, 3.8) is 0 Å². The lowest BCUT2D eigenvalue weighted by Crippen LogP contribution is -1.79. The van der Waals surface area contributed by atoms with Gasteiger partial charge in [-0.3, -0.25) is 0 Å². The van der Waals surface area contributed by atoms with Gasteiger partial charge in [0.05, 0.1) is 6.33 Å². The average molecular weight is 159 g/mol. The number of imidazole rings is 1. The first-order chi connectivity index (χ1) is 4.29. The van der Waals surface area contributed by atoms with Crippen LogP contribution in [-0.4, -0.2) is 9.55 Å². The Morgan fingerprint density at radius 1 is 1.50 bits per heavy atom. The minimum Gasteiger partial charge on any atom is -0.313 e. The summed E-state index contributed by atoms with van der Waals surface area (Å²) in [5, 5.41) is 0. The molecule has 0 saturated heterocycles. The molecule has 0 radical (unpaired) electrons. The van der Waals surface area contributed by atoms with Gasteiger partial charge in [-0.05, 0) is 13.8 Å². The van der Waals surface area contributed by atoms with Crippen molar-refractivity contribution in [2.45, 2.75) is 13.8 Å². The lowest BCUT2D eigenvalue weighted by Gasteiger charge is -1.90. The van der Waals surface area contributed by atoms with Gasteiger partial charge in [0.2, 0.25) is 0 Å². The molecule has 1 heterocycles. The van der Waals surface area contributed by atoms with Crippen LogP contribution in [-0.2, 0) is 0 Å². The zero-order valence-corrected chi connectivity index (χ0v) is 6.93. The van der Waals surface area contributed by atoms with Crippen LogP contribution in [0.3, 0.4) is 0 Å². The predicted octanol–water partition coefficient (Wildman–Crippen LogP) is 2.19. The third kappa shape index (κ3) is 2.69. The molecule has 0 amide bonds. The summed E-state index contributed by atoms with van der Waals surface area (Å²) in [6.45, 7) is 4.11. The van der Waals surface area contributed by atoms with Gasteiger partial charge < -0.3 is 4.57 Å². The van der Waals surface area contributed by atoms with Gasteiger partial charge in [-0.25, -0.2) is 4.98 Å². The summed E-state index contributed by atoms with van der Waals surface area (Å²) >= 11 is 0. The number of hydrogen-bond donors (Lipinski definition) is 0. The van der Waals surface area contributed by atoms with Gasteiger partial charge in [0.15, 0.2) is 0 Å². The molecule has 0 saturated carbocycles. The van der Waals surface area contributed by atoms with E-state index < -0.39 is 0 Å². The number of rotatable bonds is 1. The molecular weight excluding hydrogens is 148 g/mol. The first-order valence-electron chi connectivity index (χ1n) is 2.91. The summed E-state index contributed by atoms with van der Waals surface area (Å²) in [5.41, 5.74) is 1.27. The van der Waals surface area contributed by atoms with E-state index in [1.54, 1.807) is 12.5 Å². The highest BCUT2D eigenvalue weighted by Crippen LogP contribution is 1.93. The summed E-state index contributed by atoms with van der Waals surface area (Å²) in [4.78, 5) is 3.89. The van der Waals surface area contributed by atoms with E-state index in [1.165, 1.54) is 5.57 Å². The van der Waals surface area contributed by atoms with Crippen LogP contribution in [0.25, 0.3) is 6.20 Å². The molecule has 3 heteroatoms. The van der Waals surface area contributed by atoms with E-state index in [-0.39, 0.29) is 12.4 Å². The summed E-state index contributed by atoms with van der Waals surface area (Å²) < 4.78 is 1.93. The van der Waals surface area contributed by atoms with E-state index in [4.69, 9.17) is 0 Å². The molecule has 1 aromatic rings. The fourth-order valence-electron chi connectivity index (χ4n) is 0.644. The Balaban J connectivity index is 0.000000810. The Kier molecular flexibility index (Phi) is 3.81. The normalized spacial score (nSPS) is 8.20. The fourth-order valence-corrected chi connectivity index (χ4v) is 0.644. The summed E-state index contributed by atoms with van der Waals surface area (Å²) in [5.74, 6) is 0. The monoisotopic (exact) mass is 158 g/mol. The first kappa shape index (κ1) is 9.24. The van der Waals surface area contributed by atoms with Gasteiger partial charge in [0.1, 0.15) is 0 Å². The smallest absolute Gasteiger partial charge is 0.0986 e. The number of aromatic nitrogens is 2. The zero-order valence-electron chi connectivity index (χ0n) is 6.11. The second-order valence-corrected chi connectivity index (χ2v) is 2.22. The molecule has 10 heavy (non-hydrogen) atoms. The molecular formula is C7H11ClN2. The molecule has 0 bridgehead atoms. The van der Waals surface area contributed by atoms with E-state index in [0.29, 0.717) is 0 Å². The summed E-state index contributed by atoms with van der Waals surface area (Å²) in [6, 6.07) is 0. The highest BCUT2D eigenvalue weighted by Gasteiger charge is 1.80. The molecule has 0 aliphatic rings. The Hall–Kier alpha value is -0.760. The second kappa shape index (κ2) is 4.12. The molecule has 1 aromatic heterocycles. The van der Waals surface area contributed by atoms with Crippen molar-refractivity contribution in [1.29, 1.82) is 0 Å². The van der Waals surface area contributed by atoms with E-state index >= 15 is 0 Å². The SMILES string of the molecule is CC(C)=Cn1ccnc1.Cl. The maximum atomic E-state index is 3.89. The van der Waals surface area contributed by atoms with Crippen molar-refractivity contribution in [2.24, 2.45) is 0 Å². The minimum absolute atomic E-state index is 0. The van der Waals surface area contributed by atoms with Crippen molar-refractivity contribution < 1.29 is 0 Å². The highest BCUT2D eigenvalue weighted by molar-refractivity contribution is 5.85. The Labute approximate surface area is 67.0 Å². The van der Waals surface area contributed by atoms with Gasteiger partial charge in [0.25, 0.3) is 0 Å².